The fourth-order valence-corrected chi connectivity index (χ4v) is 6.11. The Hall–Kier alpha value is -0.163. The molecule has 0 atom stereocenters. The molecule has 0 amide bonds. The van der Waals surface area contributed by atoms with Crippen LogP contribution in [-0.4, -0.2) is 53.3 Å². The van der Waals surface area contributed by atoms with Crippen LogP contribution in [-0.2, 0) is 9.47 Å². The second-order valence-corrected chi connectivity index (χ2v) is 8.21. The van der Waals surface area contributed by atoms with Crippen LogP contribution in [0.4, 0.5) is 0 Å². The molecule has 16 heavy (non-hydrogen) atoms. The molecule has 0 rings (SSSR count). The molecule has 0 unspecified atom stereocenters. The number of hydrogen-bond acceptors (Lipinski definition) is 3. The third-order valence-electron chi connectivity index (χ3n) is 3.25. The van der Waals surface area contributed by atoms with Gasteiger partial charge >= 0.3 is 0 Å². The highest BCUT2D eigenvalue weighted by atomic mass is 28.3. The molecule has 0 aromatic heterocycles. The molecule has 0 aliphatic carbocycles. The molecule has 0 bridgehead atoms. The number of nitrogens with zero attached hydrogens (tertiary/aromatic N) is 1. The number of ether oxygens (including phenoxy) is 2. The van der Waals surface area contributed by atoms with Crippen molar-refractivity contribution in [2.45, 2.75) is 25.9 Å². The van der Waals surface area contributed by atoms with Crippen LogP contribution in [0.5, 0.6) is 0 Å². The van der Waals surface area contributed by atoms with E-state index < -0.39 is 8.24 Å². The van der Waals surface area contributed by atoms with Crippen LogP contribution in [0.25, 0.3) is 0 Å². The number of hydrogen-bond donors (Lipinski definition) is 0. The molecule has 0 radical (unpaired) electrons. The van der Waals surface area contributed by atoms with Gasteiger partial charge < -0.3 is 14.0 Å². The van der Waals surface area contributed by atoms with Crippen LogP contribution in [0.3, 0.4) is 0 Å². The molecule has 3 nitrogen and oxygen atoms in total. The molecule has 0 saturated heterocycles. The van der Waals surface area contributed by atoms with Crippen LogP contribution >= 0.6 is 0 Å². The molecule has 0 N–H and O–H groups in total. The number of methoxy groups -OCH3 is 2. The van der Waals surface area contributed by atoms with Crippen molar-refractivity contribution in [3.63, 3.8) is 0 Å². The summed E-state index contributed by atoms with van der Waals surface area (Å²) < 4.78 is 13.0. The molecule has 96 valence electrons. The molecular weight excluding hydrogens is 218 g/mol. The second kappa shape index (κ2) is 8.93. The van der Waals surface area contributed by atoms with E-state index in [-0.39, 0.29) is 0 Å². The van der Waals surface area contributed by atoms with Crippen LogP contribution in [0.15, 0.2) is 12.3 Å². The van der Waals surface area contributed by atoms with E-state index >= 15 is 0 Å². The summed E-state index contributed by atoms with van der Waals surface area (Å²) in [6, 6.07) is 2.22. The zero-order chi connectivity index (χ0) is 12.4. The summed E-state index contributed by atoms with van der Waals surface area (Å²) in [4.78, 5) is 0. The lowest BCUT2D eigenvalue weighted by atomic mass is 10.7. The van der Waals surface area contributed by atoms with Gasteiger partial charge in [-0.25, -0.2) is 0 Å². The van der Waals surface area contributed by atoms with Gasteiger partial charge in [-0.2, -0.15) is 0 Å². The van der Waals surface area contributed by atoms with Crippen LogP contribution in [0, 0.1) is 0 Å². The van der Waals surface area contributed by atoms with E-state index in [2.05, 4.69) is 30.7 Å². The molecule has 0 spiro atoms. The van der Waals surface area contributed by atoms with E-state index in [1.807, 2.05) is 0 Å². The monoisotopic (exact) mass is 245 g/mol. The van der Waals surface area contributed by atoms with E-state index in [0.717, 1.165) is 38.4 Å². The van der Waals surface area contributed by atoms with E-state index in [1.165, 1.54) is 0 Å². The predicted octanol–water partition coefficient (Wildman–Crippen LogP) is 2.29. The van der Waals surface area contributed by atoms with Crippen LogP contribution in [0.1, 0.15) is 13.8 Å². The van der Waals surface area contributed by atoms with Crippen molar-refractivity contribution in [1.29, 1.82) is 0 Å². The topological polar surface area (TPSA) is 21.7 Å². The first-order valence-corrected chi connectivity index (χ1v) is 8.51. The summed E-state index contributed by atoms with van der Waals surface area (Å²) in [6.45, 7) is 12.3. The standard InChI is InChI=1S/C12H27NO2Si/c1-6-13(7-2)16(8-3,11-9-14-4)12-10-15-5/h8H,3,6-7,9-12H2,1-2,4-5H3. The van der Waals surface area contributed by atoms with Crippen molar-refractivity contribution in [3.8, 4) is 0 Å². The van der Waals surface area contributed by atoms with Gasteiger partial charge in [0.05, 0.1) is 0 Å². The summed E-state index contributed by atoms with van der Waals surface area (Å²) in [5.41, 5.74) is 2.19. The van der Waals surface area contributed by atoms with Gasteiger partial charge in [0, 0.05) is 27.4 Å². The molecule has 0 saturated carbocycles. The maximum atomic E-state index is 5.24. The average molecular weight is 245 g/mol. The fraction of sp³-hybridized carbons (Fsp3) is 0.833. The quantitative estimate of drug-likeness (QED) is 0.551. The highest BCUT2D eigenvalue weighted by Crippen LogP contribution is 2.22. The van der Waals surface area contributed by atoms with E-state index in [0.29, 0.717) is 0 Å². The van der Waals surface area contributed by atoms with Crippen LogP contribution < -0.4 is 0 Å². The minimum Gasteiger partial charge on any atom is -0.385 e. The Labute approximate surface area is 102 Å². The molecule has 0 fully saturated rings. The van der Waals surface area contributed by atoms with E-state index in [1.54, 1.807) is 14.2 Å². The minimum absolute atomic E-state index is 0.818. The summed E-state index contributed by atoms with van der Waals surface area (Å²) in [6.07, 6.45) is 0. The first-order chi connectivity index (χ1) is 7.70. The van der Waals surface area contributed by atoms with Crippen molar-refractivity contribution in [1.82, 2.24) is 4.57 Å². The predicted molar refractivity (Wildman–Crippen MR) is 72.2 cm³/mol. The maximum absolute atomic E-state index is 5.24. The first kappa shape index (κ1) is 15.8. The van der Waals surface area contributed by atoms with Gasteiger partial charge in [-0.3, -0.25) is 0 Å². The summed E-state index contributed by atoms with van der Waals surface area (Å²) in [5.74, 6) is 0. The lowest BCUT2D eigenvalue weighted by Gasteiger charge is -2.39. The van der Waals surface area contributed by atoms with Gasteiger partial charge in [0.25, 0.3) is 0 Å². The molecule has 0 aliphatic heterocycles. The highest BCUT2D eigenvalue weighted by Gasteiger charge is 2.34. The zero-order valence-electron chi connectivity index (χ0n) is 11.3. The zero-order valence-corrected chi connectivity index (χ0v) is 12.3. The lowest BCUT2D eigenvalue weighted by molar-refractivity contribution is 0.203. The number of rotatable bonds is 10. The van der Waals surface area contributed by atoms with Crippen molar-refractivity contribution in [2.75, 3.05) is 40.5 Å². The SMILES string of the molecule is C=C[Si](CCOC)(CCOC)N(CC)CC. The van der Waals surface area contributed by atoms with E-state index in [9.17, 15) is 0 Å². The molecule has 0 aromatic carbocycles. The third-order valence-corrected chi connectivity index (χ3v) is 8.04. The molecule has 0 heterocycles. The van der Waals surface area contributed by atoms with Gasteiger partial charge in [-0.1, -0.05) is 19.5 Å². The van der Waals surface area contributed by atoms with Crippen molar-refractivity contribution in [2.24, 2.45) is 0 Å². The second-order valence-electron chi connectivity index (χ2n) is 3.97. The molecule has 0 aromatic rings. The largest absolute Gasteiger partial charge is 0.385 e. The van der Waals surface area contributed by atoms with Crippen molar-refractivity contribution < 1.29 is 9.47 Å². The van der Waals surface area contributed by atoms with Crippen molar-refractivity contribution in [3.05, 3.63) is 12.3 Å². The summed E-state index contributed by atoms with van der Waals surface area (Å²) in [5, 5.41) is 0. The van der Waals surface area contributed by atoms with Crippen molar-refractivity contribution >= 4 is 8.24 Å². The van der Waals surface area contributed by atoms with Gasteiger partial charge in [0.2, 0.25) is 0 Å². The van der Waals surface area contributed by atoms with Gasteiger partial charge in [-0.05, 0) is 25.2 Å². The Balaban J connectivity index is 4.69. The first-order valence-electron chi connectivity index (χ1n) is 6.07. The normalized spacial score (nSPS) is 12.1. The van der Waals surface area contributed by atoms with Gasteiger partial charge in [-0.15, -0.1) is 6.58 Å². The third kappa shape index (κ3) is 4.37. The smallest absolute Gasteiger partial charge is 0.157 e. The molecule has 4 heteroatoms. The lowest BCUT2D eigenvalue weighted by Crippen LogP contribution is -2.53. The van der Waals surface area contributed by atoms with Gasteiger partial charge in [0.1, 0.15) is 0 Å². The maximum Gasteiger partial charge on any atom is 0.157 e. The Morgan fingerprint density at radius 2 is 1.50 bits per heavy atom. The Bertz CT molecular complexity index is 176. The Morgan fingerprint density at radius 1 is 1.06 bits per heavy atom. The molecule has 0 aliphatic rings. The van der Waals surface area contributed by atoms with E-state index in [4.69, 9.17) is 9.47 Å². The summed E-state index contributed by atoms with van der Waals surface area (Å²) in [7, 11) is 1.94. The minimum atomic E-state index is -1.59. The Morgan fingerprint density at radius 3 is 1.75 bits per heavy atom. The fourth-order valence-electron chi connectivity index (χ4n) is 2.19. The van der Waals surface area contributed by atoms with Gasteiger partial charge in [0.15, 0.2) is 8.24 Å². The highest BCUT2D eigenvalue weighted by molar-refractivity contribution is 6.82. The average Bonchev–Trinajstić information content (AvgIpc) is 2.33. The molecular formula is C12H27NO2Si. The Kier molecular flexibility index (Phi) is 8.84. The summed E-state index contributed by atoms with van der Waals surface area (Å²) >= 11 is 0. The van der Waals surface area contributed by atoms with Crippen LogP contribution in [0.2, 0.25) is 12.1 Å².